The zero-order chi connectivity index (χ0) is 16.7. The molecule has 3 rings (SSSR count). The van der Waals surface area contributed by atoms with Crippen molar-refractivity contribution in [1.82, 2.24) is 4.90 Å². The number of rotatable bonds is 4. The molecule has 5 heteroatoms. The van der Waals surface area contributed by atoms with E-state index in [1.807, 2.05) is 43.5 Å². The van der Waals surface area contributed by atoms with Crippen LogP contribution in [0.25, 0.3) is 10.6 Å². The van der Waals surface area contributed by atoms with Crippen LogP contribution in [-0.4, -0.2) is 34.6 Å². The first kappa shape index (κ1) is 16.3. The van der Waals surface area contributed by atoms with Crippen LogP contribution in [0.4, 0.5) is 0 Å². The monoisotopic (exact) mass is 333 g/mol. The fraction of sp³-hybridized carbons (Fsp3) is 0.500. The molecule has 0 aromatic carbocycles. The number of carbonyl (C=O) groups excluding carboxylic acids is 1. The molecule has 1 N–H and O–H groups in total. The van der Waals surface area contributed by atoms with Crippen LogP contribution in [0.15, 0.2) is 34.1 Å². The lowest BCUT2D eigenvalue weighted by atomic mass is 9.79. The van der Waals surface area contributed by atoms with Crippen LogP contribution in [0.2, 0.25) is 0 Å². The fourth-order valence-corrected chi connectivity index (χ4v) is 3.60. The highest BCUT2D eigenvalue weighted by Crippen LogP contribution is 2.38. The predicted octanol–water partition coefficient (Wildman–Crippen LogP) is 3.56. The zero-order valence-corrected chi connectivity index (χ0v) is 14.7. The lowest BCUT2D eigenvalue weighted by Crippen LogP contribution is -2.40. The van der Waals surface area contributed by atoms with E-state index in [1.165, 1.54) is 0 Å². The van der Waals surface area contributed by atoms with Crippen molar-refractivity contribution in [3.05, 3.63) is 35.4 Å². The van der Waals surface area contributed by atoms with Crippen molar-refractivity contribution < 1.29 is 14.3 Å². The molecule has 4 nitrogen and oxygen atoms in total. The summed E-state index contributed by atoms with van der Waals surface area (Å²) < 4.78 is 5.81. The molecule has 0 radical (unpaired) electrons. The van der Waals surface area contributed by atoms with Crippen molar-refractivity contribution >= 4 is 17.2 Å². The number of hydrogen-bond acceptors (Lipinski definition) is 4. The Bertz CT molecular complexity index is 669. The van der Waals surface area contributed by atoms with Gasteiger partial charge in [0.05, 0.1) is 10.5 Å². The van der Waals surface area contributed by atoms with Crippen molar-refractivity contribution in [2.75, 3.05) is 13.1 Å². The standard InChI is InChI=1S/C18H23NO3S/c1-17(2)11-19(12-18(17,3)21)16(20)9-7-13-6-8-14(22-13)15-5-4-10-23-15/h4-6,8,10,21H,7,9,11-12H2,1-3H3. The smallest absolute Gasteiger partial charge is 0.223 e. The fourth-order valence-electron chi connectivity index (χ4n) is 2.92. The quantitative estimate of drug-likeness (QED) is 0.931. The summed E-state index contributed by atoms with van der Waals surface area (Å²) in [7, 11) is 0. The second-order valence-corrected chi connectivity index (χ2v) is 8.10. The third-order valence-corrected chi connectivity index (χ3v) is 5.79. The third kappa shape index (κ3) is 3.21. The van der Waals surface area contributed by atoms with E-state index in [-0.39, 0.29) is 11.3 Å². The van der Waals surface area contributed by atoms with E-state index in [0.29, 0.717) is 25.9 Å². The molecule has 23 heavy (non-hydrogen) atoms. The molecular formula is C18H23NO3S. The molecule has 0 aliphatic carbocycles. The number of aliphatic hydroxyl groups is 1. The van der Waals surface area contributed by atoms with Gasteiger partial charge in [0.15, 0.2) is 0 Å². The van der Waals surface area contributed by atoms with E-state index >= 15 is 0 Å². The number of aryl methyl sites for hydroxylation is 1. The summed E-state index contributed by atoms with van der Waals surface area (Å²) in [5.74, 6) is 1.75. The third-order valence-electron chi connectivity index (χ3n) is 4.91. The highest BCUT2D eigenvalue weighted by molar-refractivity contribution is 7.13. The van der Waals surface area contributed by atoms with Crippen LogP contribution in [-0.2, 0) is 11.2 Å². The molecular weight excluding hydrogens is 310 g/mol. The van der Waals surface area contributed by atoms with E-state index in [0.717, 1.165) is 16.4 Å². The molecule has 1 saturated heterocycles. The van der Waals surface area contributed by atoms with Crippen LogP contribution < -0.4 is 0 Å². The number of amides is 1. The van der Waals surface area contributed by atoms with Gasteiger partial charge in [0, 0.05) is 31.3 Å². The maximum atomic E-state index is 12.4. The molecule has 2 aromatic rings. The average Bonchev–Trinajstić information content (AvgIpc) is 3.16. The molecule has 3 heterocycles. The minimum Gasteiger partial charge on any atom is -0.460 e. The summed E-state index contributed by atoms with van der Waals surface area (Å²) in [5, 5.41) is 12.4. The van der Waals surface area contributed by atoms with Crippen molar-refractivity contribution in [2.45, 2.75) is 39.2 Å². The largest absolute Gasteiger partial charge is 0.460 e. The minimum absolute atomic E-state index is 0.0740. The molecule has 0 bridgehead atoms. The molecule has 2 aromatic heterocycles. The summed E-state index contributed by atoms with van der Waals surface area (Å²) in [6.07, 6.45) is 0.993. The van der Waals surface area contributed by atoms with Crippen LogP contribution in [0.3, 0.4) is 0 Å². The number of thiophene rings is 1. The summed E-state index contributed by atoms with van der Waals surface area (Å²) >= 11 is 1.64. The van der Waals surface area contributed by atoms with Gasteiger partial charge in [-0.1, -0.05) is 19.9 Å². The Morgan fingerprint density at radius 2 is 2.09 bits per heavy atom. The Hall–Kier alpha value is -1.59. The first-order chi connectivity index (χ1) is 10.8. The Labute approximate surface area is 140 Å². The normalized spacial score (nSPS) is 23.4. The second-order valence-electron chi connectivity index (χ2n) is 7.15. The van der Waals surface area contributed by atoms with Crippen LogP contribution in [0, 0.1) is 5.41 Å². The molecule has 1 aliphatic heterocycles. The highest BCUT2D eigenvalue weighted by atomic mass is 32.1. The summed E-state index contributed by atoms with van der Waals surface area (Å²) in [6, 6.07) is 7.90. The predicted molar refractivity (Wildman–Crippen MR) is 91.3 cm³/mol. The van der Waals surface area contributed by atoms with E-state index in [2.05, 4.69) is 0 Å². The van der Waals surface area contributed by atoms with Gasteiger partial charge in [0.1, 0.15) is 11.5 Å². The topological polar surface area (TPSA) is 53.7 Å². The maximum Gasteiger partial charge on any atom is 0.223 e. The zero-order valence-electron chi connectivity index (χ0n) is 13.8. The molecule has 1 amide bonds. The molecule has 1 unspecified atom stereocenters. The summed E-state index contributed by atoms with van der Waals surface area (Å²) in [4.78, 5) is 15.3. The average molecular weight is 333 g/mol. The van der Waals surface area contributed by atoms with E-state index in [1.54, 1.807) is 23.2 Å². The van der Waals surface area contributed by atoms with Crippen molar-refractivity contribution in [1.29, 1.82) is 0 Å². The minimum atomic E-state index is -0.834. The number of likely N-dealkylation sites (tertiary alicyclic amines) is 1. The van der Waals surface area contributed by atoms with Gasteiger partial charge >= 0.3 is 0 Å². The van der Waals surface area contributed by atoms with E-state index < -0.39 is 5.60 Å². The van der Waals surface area contributed by atoms with Crippen molar-refractivity contribution in [3.8, 4) is 10.6 Å². The Balaban J connectivity index is 1.58. The maximum absolute atomic E-state index is 12.4. The van der Waals surface area contributed by atoms with Gasteiger partial charge in [-0.3, -0.25) is 4.79 Å². The molecule has 1 atom stereocenters. The number of β-amino-alcohol motifs (C(OH)–C–C–N with tert-alkyl or cyclic N) is 1. The van der Waals surface area contributed by atoms with Crippen molar-refractivity contribution in [3.63, 3.8) is 0 Å². The first-order valence-corrected chi connectivity index (χ1v) is 8.79. The summed E-state index contributed by atoms with van der Waals surface area (Å²) in [6.45, 7) is 6.80. The van der Waals surface area contributed by atoms with E-state index in [9.17, 15) is 9.90 Å². The van der Waals surface area contributed by atoms with E-state index in [4.69, 9.17) is 4.42 Å². The van der Waals surface area contributed by atoms with Gasteiger partial charge < -0.3 is 14.4 Å². The molecule has 1 aliphatic rings. The van der Waals surface area contributed by atoms with Gasteiger partial charge in [0.2, 0.25) is 5.91 Å². The van der Waals surface area contributed by atoms with Gasteiger partial charge in [0.25, 0.3) is 0 Å². The Morgan fingerprint density at radius 1 is 1.30 bits per heavy atom. The van der Waals surface area contributed by atoms with Crippen LogP contribution in [0.1, 0.15) is 33.0 Å². The lowest BCUT2D eigenvalue weighted by molar-refractivity contribution is -0.131. The van der Waals surface area contributed by atoms with Crippen molar-refractivity contribution in [2.24, 2.45) is 5.41 Å². The van der Waals surface area contributed by atoms with Gasteiger partial charge in [-0.25, -0.2) is 0 Å². The lowest BCUT2D eigenvalue weighted by Gasteiger charge is -2.30. The number of furan rings is 1. The van der Waals surface area contributed by atoms with Crippen LogP contribution in [0.5, 0.6) is 0 Å². The molecule has 0 spiro atoms. The Kier molecular flexibility index (Phi) is 4.10. The summed E-state index contributed by atoms with van der Waals surface area (Å²) in [5.41, 5.74) is -1.11. The highest BCUT2D eigenvalue weighted by Gasteiger charge is 2.48. The SMILES string of the molecule is CC1(C)CN(C(=O)CCc2ccc(-c3cccs3)o2)CC1(C)O. The first-order valence-electron chi connectivity index (χ1n) is 7.91. The molecule has 124 valence electrons. The molecule has 1 fully saturated rings. The molecule has 0 saturated carbocycles. The number of nitrogens with zero attached hydrogens (tertiary/aromatic N) is 1. The second kappa shape index (κ2) is 5.80. The van der Waals surface area contributed by atoms with Gasteiger partial charge in [-0.2, -0.15) is 0 Å². The van der Waals surface area contributed by atoms with Gasteiger partial charge in [-0.15, -0.1) is 11.3 Å². The van der Waals surface area contributed by atoms with Gasteiger partial charge in [-0.05, 0) is 30.5 Å². The number of hydrogen-bond donors (Lipinski definition) is 1. The Morgan fingerprint density at radius 3 is 2.70 bits per heavy atom. The van der Waals surface area contributed by atoms with Crippen LogP contribution >= 0.6 is 11.3 Å². The number of carbonyl (C=O) groups is 1.